The second-order valence-electron chi connectivity index (χ2n) is 5.29. The number of thiazole rings is 1. The summed E-state index contributed by atoms with van der Waals surface area (Å²) < 4.78 is 45.5. The highest BCUT2D eigenvalue weighted by Gasteiger charge is 2.22. The van der Waals surface area contributed by atoms with Crippen molar-refractivity contribution >= 4 is 39.1 Å². The first-order valence-corrected chi connectivity index (χ1v) is 8.23. The molecule has 0 unspecified atom stereocenters. The Morgan fingerprint density at radius 3 is 2.69 bits per heavy atom. The minimum Gasteiger partial charge on any atom is -0.449 e. The van der Waals surface area contributed by atoms with E-state index in [4.69, 9.17) is 4.74 Å². The Labute approximate surface area is 149 Å². The average molecular weight is 380 g/mol. The number of rotatable bonds is 4. The smallest absolute Gasteiger partial charge is 0.338 e. The Bertz CT molecular complexity index is 1010. The molecule has 0 aliphatic carbocycles. The topological polar surface area (TPSA) is 68.3 Å². The molecule has 5 nitrogen and oxygen atoms in total. The molecule has 0 fully saturated rings. The van der Waals surface area contributed by atoms with Crippen molar-refractivity contribution in [3.63, 3.8) is 0 Å². The predicted octanol–water partition coefficient (Wildman–Crippen LogP) is 3.90. The van der Waals surface area contributed by atoms with Crippen molar-refractivity contribution in [3.8, 4) is 0 Å². The van der Waals surface area contributed by atoms with E-state index in [1.807, 2.05) is 0 Å². The van der Waals surface area contributed by atoms with Gasteiger partial charge in [-0.05, 0) is 37.3 Å². The number of esters is 1. The zero-order chi connectivity index (χ0) is 18.8. The number of ether oxygens (including phenoxy) is 1. The number of carbonyl (C=O) groups is 2. The molecule has 1 atom stereocenters. The fraction of sp³-hybridized carbons (Fsp3) is 0.118. The van der Waals surface area contributed by atoms with Crippen LogP contribution in [0.2, 0.25) is 0 Å². The van der Waals surface area contributed by atoms with Gasteiger partial charge in [-0.2, -0.15) is 0 Å². The molecule has 9 heteroatoms. The van der Waals surface area contributed by atoms with Gasteiger partial charge in [-0.3, -0.25) is 4.79 Å². The van der Waals surface area contributed by atoms with E-state index in [1.165, 1.54) is 24.3 Å². The zero-order valence-corrected chi connectivity index (χ0v) is 14.1. The molecule has 1 N–H and O–H groups in total. The molecule has 1 aromatic heterocycles. The number of hydrogen-bond donors (Lipinski definition) is 1. The van der Waals surface area contributed by atoms with Crippen LogP contribution < -0.4 is 5.32 Å². The summed E-state index contributed by atoms with van der Waals surface area (Å²) >= 11 is 1.34. The second kappa shape index (κ2) is 7.12. The standard InChI is InChI=1S/C17H11F3N2O3S/c1-8(16(23)22-12-5-3-10(18)14(19)15(12)20)25-17(24)9-2-4-11-13(6-9)26-7-21-11/h2-8H,1H3,(H,22,23)/t8-/m1/s1. The lowest BCUT2D eigenvalue weighted by Gasteiger charge is -2.14. The SMILES string of the molecule is C[C@@H](OC(=O)c1ccc2ncsc2c1)C(=O)Nc1ccc(F)c(F)c1F. The van der Waals surface area contributed by atoms with Gasteiger partial charge in [0.1, 0.15) is 0 Å². The van der Waals surface area contributed by atoms with Gasteiger partial charge < -0.3 is 10.1 Å². The lowest BCUT2D eigenvalue weighted by Crippen LogP contribution is -2.30. The fourth-order valence-electron chi connectivity index (χ4n) is 2.12. The van der Waals surface area contributed by atoms with Crippen molar-refractivity contribution < 1.29 is 27.5 Å². The van der Waals surface area contributed by atoms with Gasteiger partial charge in [-0.15, -0.1) is 11.3 Å². The predicted molar refractivity (Wildman–Crippen MR) is 89.4 cm³/mol. The average Bonchev–Trinajstić information content (AvgIpc) is 3.09. The Morgan fingerprint density at radius 2 is 1.92 bits per heavy atom. The van der Waals surface area contributed by atoms with E-state index in [2.05, 4.69) is 10.3 Å². The molecule has 1 heterocycles. The van der Waals surface area contributed by atoms with Gasteiger partial charge in [0.2, 0.25) is 0 Å². The normalized spacial score (nSPS) is 12.0. The molecule has 0 spiro atoms. The summed E-state index contributed by atoms with van der Waals surface area (Å²) in [6.45, 7) is 1.27. The van der Waals surface area contributed by atoms with Crippen LogP contribution in [0.1, 0.15) is 17.3 Å². The van der Waals surface area contributed by atoms with Gasteiger partial charge in [0, 0.05) is 0 Å². The number of nitrogens with zero attached hydrogens (tertiary/aromatic N) is 1. The van der Waals surface area contributed by atoms with E-state index in [-0.39, 0.29) is 5.56 Å². The Balaban J connectivity index is 1.68. The minimum atomic E-state index is -1.70. The van der Waals surface area contributed by atoms with Crippen LogP contribution in [0.5, 0.6) is 0 Å². The third-order valence-electron chi connectivity index (χ3n) is 3.51. The molecule has 2 aromatic carbocycles. The first kappa shape index (κ1) is 17.9. The van der Waals surface area contributed by atoms with Gasteiger partial charge in [0.25, 0.3) is 5.91 Å². The van der Waals surface area contributed by atoms with Crippen molar-refractivity contribution in [1.29, 1.82) is 0 Å². The monoisotopic (exact) mass is 380 g/mol. The summed E-state index contributed by atoms with van der Waals surface area (Å²) in [4.78, 5) is 28.2. The quantitative estimate of drug-likeness (QED) is 0.551. The largest absolute Gasteiger partial charge is 0.449 e. The first-order valence-electron chi connectivity index (χ1n) is 7.35. The highest BCUT2D eigenvalue weighted by molar-refractivity contribution is 7.16. The second-order valence-corrected chi connectivity index (χ2v) is 6.18. The number of aromatic nitrogens is 1. The maximum absolute atomic E-state index is 13.6. The lowest BCUT2D eigenvalue weighted by atomic mass is 10.2. The number of benzene rings is 2. The highest BCUT2D eigenvalue weighted by Crippen LogP contribution is 2.21. The number of amides is 1. The van der Waals surface area contributed by atoms with Crippen molar-refractivity contribution in [3.05, 3.63) is 58.9 Å². The van der Waals surface area contributed by atoms with Crippen LogP contribution in [0, 0.1) is 17.5 Å². The number of nitrogens with one attached hydrogen (secondary N) is 1. The van der Waals surface area contributed by atoms with Crippen LogP contribution in [-0.2, 0) is 9.53 Å². The molecule has 0 bridgehead atoms. The van der Waals surface area contributed by atoms with Gasteiger partial charge in [0.05, 0.1) is 27.0 Å². The molecule has 3 rings (SSSR count). The molecule has 0 saturated carbocycles. The van der Waals surface area contributed by atoms with Gasteiger partial charge in [0.15, 0.2) is 23.6 Å². The Morgan fingerprint density at radius 1 is 1.15 bits per heavy atom. The van der Waals surface area contributed by atoms with Crippen LogP contribution in [0.25, 0.3) is 10.2 Å². The summed E-state index contributed by atoms with van der Waals surface area (Å²) in [5.41, 5.74) is 2.03. The number of halogens is 3. The van der Waals surface area contributed by atoms with Crippen LogP contribution in [-0.4, -0.2) is 23.0 Å². The molecular weight excluding hydrogens is 369 g/mol. The molecule has 0 radical (unpaired) electrons. The molecule has 0 saturated heterocycles. The maximum Gasteiger partial charge on any atom is 0.338 e. The van der Waals surface area contributed by atoms with E-state index in [9.17, 15) is 22.8 Å². The van der Waals surface area contributed by atoms with Gasteiger partial charge in [-0.1, -0.05) is 0 Å². The van der Waals surface area contributed by atoms with E-state index in [0.717, 1.165) is 16.3 Å². The Kier molecular flexibility index (Phi) is 4.90. The molecule has 0 aliphatic rings. The van der Waals surface area contributed by atoms with Crippen LogP contribution in [0.15, 0.2) is 35.8 Å². The van der Waals surface area contributed by atoms with E-state index in [0.29, 0.717) is 6.07 Å². The fourth-order valence-corrected chi connectivity index (χ4v) is 2.84. The van der Waals surface area contributed by atoms with Gasteiger partial charge in [-0.25, -0.2) is 22.9 Å². The van der Waals surface area contributed by atoms with Crippen LogP contribution >= 0.6 is 11.3 Å². The van der Waals surface area contributed by atoms with E-state index in [1.54, 1.807) is 17.6 Å². The van der Waals surface area contributed by atoms with E-state index < -0.39 is 41.1 Å². The number of hydrogen-bond acceptors (Lipinski definition) is 5. The minimum absolute atomic E-state index is 0.223. The lowest BCUT2D eigenvalue weighted by molar-refractivity contribution is -0.123. The van der Waals surface area contributed by atoms with Crippen molar-refractivity contribution in [2.24, 2.45) is 0 Å². The van der Waals surface area contributed by atoms with Gasteiger partial charge >= 0.3 is 5.97 Å². The molecule has 1 amide bonds. The van der Waals surface area contributed by atoms with Crippen LogP contribution in [0.4, 0.5) is 18.9 Å². The first-order chi connectivity index (χ1) is 12.4. The number of carbonyl (C=O) groups excluding carboxylic acids is 2. The Hall–Kier alpha value is -2.94. The summed E-state index contributed by atoms with van der Waals surface area (Å²) in [5.74, 6) is -6.26. The van der Waals surface area contributed by atoms with Crippen molar-refractivity contribution in [2.45, 2.75) is 13.0 Å². The van der Waals surface area contributed by atoms with Crippen molar-refractivity contribution in [2.75, 3.05) is 5.32 Å². The number of fused-ring (bicyclic) bond motifs is 1. The van der Waals surface area contributed by atoms with Crippen molar-refractivity contribution in [1.82, 2.24) is 4.98 Å². The summed E-state index contributed by atoms with van der Waals surface area (Å²) in [7, 11) is 0. The maximum atomic E-state index is 13.6. The summed E-state index contributed by atoms with van der Waals surface area (Å²) in [6.07, 6.45) is -1.29. The summed E-state index contributed by atoms with van der Waals surface area (Å²) in [6, 6.07) is 6.27. The van der Waals surface area contributed by atoms with E-state index >= 15 is 0 Å². The molecule has 0 aliphatic heterocycles. The third kappa shape index (κ3) is 3.52. The van der Waals surface area contributed by atoms with Crippen LogP contribution in [0.3, 0.4) is 0 Å². The summed E-state index contributed by atoms with van der Waals surface area (Å²) in [5, 5.41) is 2.05. The zero-order valence-electron chi connectivity index (χ0n) is 13.3. The molecule has 26 heavy (non-hydrogen) atoms. The third-order valence-corrected chi connectivity index (χ3v) is 4.30. The molecule has 134 valence electrons. The molecule has 3 aromatic rings. The highest BCUT2D eigenvalue weighted by atomic mass is 32.1. The molecular formula is C17H11F3N2O3S. The number of anilines is 1.